The molecule has 2 aromatic heterocycles. The Morgan fingerprint density at radius 1 is 1.03 bits per heavy atom. The fraction of sp³-hybridized carbons (Fsp3) is 0.321. The van der Waals surface area contributed by atoms with Crippen LogP contribution in [-0.2, 0) is 17.5 Å². The lowest BCUT2D eigenvalue weighted by molar-refractivity contribution is -0.143. The van der Waals surface area contributed by atoms with Crippen molar-refractivity contribution in [1.82, 2.24) is 14.9 Å². The fourth-order valence-electron chi connectivity index (χ4n) is 5.23. The molecule has 1 saturated carbocycles. The second-order valence-electron chi connectivity index (χ2n) is 9.65. The molecule has 192 valence electrons. The number of aliphatic carboxylic acids is 1. The van der Waals surface area contributed by atoms with Crippen molar-refractivity contribution in [3.63, 3.8) is 0 Å². The van der Waals surface area contributed by atoms with Crippen LogP contribution < -0.4 is 5.32 Å². The number of carbonyl (C=O) groups is 2. The second-order valence-corrected chi connectivity index (χ2v) is 9.65. The topological polar surface area (TPSA) is 84.2 Å². The number of rotatable bonds is 6. The standard InChI is InChI=1S/C28H26F3N3O3/c29-28(30,31)21-13-20-10-12-34(16-24-22-4-2-1-3-18(22)9-11-32-24)25(20)23(14-21)26(35)33-15-17-5-7-19(8-6-17)27(36)37/h1-4,9-14,17,19H,5-8,15-16H2,(H,33,35)(H,36,37)/t17-,19-. The summed E-state index contributed by atoms with van der Waals surface area (Å²) in [7, 11) is 0. The third-order valence-corrected chi connectivity index (χ3v) is 7.26. The summed E-state index contributed by atoms with van der Waals surface area (Å²) in [5, 5.41) is 14.2. The predicted octanol–water partition coefficient (Wildman–Crippen LogP) is 5.88. The third-order valence-electron chi connectivity index (χ3n) is 7.26. The van der Waals surface area contributed by atoms with Crippen molar-refractivity contribution in [2.24, 2.45) is 11.8 Å². The maximum absolute atomic E-state index is 13.7. The number of fused-ring (bicyclic) bond motifs is 2. The molecule has 2 heterocycles. The molecule has 5 rings (SSSR count). The van der Waals surface area contributed by atoms with E-state index in [1.807, 2.05) is 30.3 Å². The third kappa shape index (κ3) is 5.16. The van der Waals surface area contributed by atoms with Crippen LogP contribution in [0.15, 0.2) is 60.9 Å². The Bertz CT molecular complexity index is 1460. The van der Waals surface area contributed by atoms with Crippen LogP contribution in [0.3, 0.4) is 0 Å². The Kier molecular flexibility index (Phi) is 6.62. The molecular weight excluding hydrogens is 483 g/mol. The Balaban J connectivity index is 1.46. The van der Waals surface area contributed by atoms with Gasteiger partial charge < -0.3 is 15.0 Å². The van der Waals surface area contributed by atoms with Crippen molar-refractivity contribution in [2.75, 3.05) is 6.54 Å². The smallest absolute Gasteiger partial charge is 0.416 e. The van der Waals surface area contributed by atoms with Gasteiger partial charge in [0.25, 0.3) is 5.91 Å². The molecule has 0 atom stereocenters. The van der Waals surface area contributed by atoms with Crippen molar-refractivity contribution in [3.8, 4) is 0 Å². The van der Waals surface area contributed by atoms with Gasteiger partial charge in [0.1, 0.15) is 0 Å². The van der Waals surface area contributed by atoms with Crippen LogP contribution in [-0.4, -0.2) is 33.1 Å². The van der Waals surface area contributed by atoms with E-state index in [1.165, 1.54) is 0 Å². The number of carbonyl (C=O) groups excluding carboxylic acids is 1. The Labute approximate surface area is 211 Å². The maximum Gasteiger partial charge on any atom is 0.416 e. The van der Waals surface area contributed by atoms with Gasteiger partial charge in [-0.25, -0.2) is 0 Å². The number of nitrogens with one attached hydrogen (secondary N) is 1. The van der Waals surface area contributed by atoms with Crippen LogP contribution >= 0.6 is 0 Å². The van der Waals surface area contributed by atoms with Crippen LogP contribution in [0.4, 0.5) is 13.2 Å². The monoisotopic (exact) mass is 509 g/mol. The van der Waals surface area contributed by atoms with E-state index in [9.17, 15) is 27.9 Å². The number of halogens is 3. The molecule has 37 heavy (non-hydrogen) atoms. The number of pyridine rings is 1. The van der Waals surface area contributed by atoms with E-state index < -0.39 is 23.6 Å². The second kappa shape index (κ2) is 9.88. The molecule has 0 bridgehead atoms. The lowest BCUT2D eigenvalue weighted by atomic mass is 9.82. The quantitative estimate of drug-likeness (QED) is 0.340. The van der Waals surface area contributed by atoms with Gasteiger partial charge in [-0.15, -0.1) is 0 Å². The minimum absolute atomic E-state index is 0.0470. The van der Waals surface area contributed by atoms with E-state index in [2.05, 4.69) is 10.3 Å². The zero-order chi connectivity index (χ0) is 26.2. The molecule has 1 aliphatic rings. The number of carboxylic acid groups (broad SMARTS) is 1. The van der Waals surface area contributed by atoms with Gasteiger partial charge in [0.05, 0.1) is 34.8 Å². The summed E-state index contributed by atoms with van der Waals surface area (Å²) in [6, 6.07) is 13.2. The normalized spacial score (nSPS) is 18.2. The number of hydrogen-bond acceptors (Lipinski definition) is 3. The van der Waals surface area contributed by atoms with Gasteiger partial charge in [-0.3, -0.25) is 14.6 Å². The molecule has 2 N–H and O–H groups in total. The molecule has 0 spiro atoms. The van der Waals surface area contributed by atoms with Crippen LogP contribution in [0.25, 0.3) is 21.7 Å². The Morgan fingerprint density at radius 3 is 2.51 bits per heavy atom. The highest BCUT2D eigenvalue weighted by atomic mass is 19.4. The highest BCUT2D eigenvalue weighted by Crippen LogP contribution is 2.34. The van der Waals surface area contributed by atoms with E-state index in [4.69, 9.17) is 0 Å². The van der Waals surface area contributed by atoms with Crippen molar-refractivity contribution in [1.29, 1.82) is 0 Å². The summed E-state index contributed by atoms with van der Waals surface area (Å²) in [5.74, 6) is -1.67. The number of amides is 1. The average Bonchev–Trinajstić information content (AvgIpc) is 3.29. The Morgan fingerprint density at radius 2 is 1.78 bits per heavy atom. The summed E-state index contributed by atoms with van der Waals surface area (Å²) in [5.41, 5.74) is 0.231. The fourth-order valence-corrected chi connectivity index (χ4v) is 5.23. The summed E-state index contributed by atoms with van der Waals surface area (Å²) >= 11 is 0. The SMILES string of the molecule is O=C(NC[C@H]1CC[C@H](C(=O)O)CC1)c1cc(C(F)(F)F)cc2ccn(Cc3nccc4ccccc34)c12. The van der Waals surface area contributed by atoms with Crippen LogP contribution in [0, 0.1) is 11.8 Å². The highest BCUT2D eigenvalue weighted by molar-refractivity contribution is 6.06. The molecular formula is C28H26F3N3O3. The van der Waals surface area contributed by atoms with Gasteiger partial charge in [-0.05, 0) is 61.3 Å². The highest BCUT2D eigenvalue weighted by Gasteiger charge is 2.33. The van der Waals surface area contributed by atoms with Gasteiger partial charge in [0, 0.05) is 29.7 Å². The number of alkyl halides is 3. The molecule has 0 radical (unpaired) electrons. The largest absolute Gasteiger partial charge is 0.481 e. The first kappa shape index (κ1) is 24.8. The summed E-state index contributed by atoms with van der Waals surface area (Å²) in [4.78, 5) is 29.0. The number of nitrogens with zero attached hydrogens (tertiary/aromatic N) is 2. The van der Waals surface area contributed by atoms with E-state index >= 15 is 0 Å². The van der Waals surface area contributed by atoms with Gasteiger partial charge in [-0.2, -0.15) is 13.2 Å². The van der Waals surface area contributed by atoms with Crippen LogP contribution in [0.1, 0.15) is 47.3 Å². The molecule has 0 unspecified atom stereocenters. The van der Waals surface area contributed by atoms with Gasteiger partial charge >= 0.3 is 12.1 Å². The van der Waals surface area contributed by atoms with Crippen molar-refractivity contribution < 1.29 is 27.9 Å². The minimum atomic E-state index is -4.60. The maximum atomic E-state index is 13.7. The van der Waals surface area contributed by atoms with Crippen molar-refractivity contribution in [2.45, 2.75) is 38.4 Å². The zero-order valence-corrected chi connectivity index (χ0v) is 20.0. The predicted molar refractivity (Wildman–Crippen MR) is 133 cm³/mol. The molecule has 0 saturated heterocycles. The van der Waals surface area contributed by atoms with Crippen LogP contribution in [0.5, 0.6) is 0 Å². The van der Waals surface area contributed by atoms with E-state index in [-0.39, 0.29) is 30.5 Å². The van der Waals surface area contributed by atoms with Crippen LogP contribution in [0.2, 0.25) is 0 Å². The number of benzene rings is 2. The number of aromatic nitrogens is 2. The van der Waals surface area contributed by atoms with Gasteiger partial charge in [0.15, 0.2) is 0 Å². The molecule has 1 amide bonds. The molecule has 2 aromatic carbocycles. The van der Waals surface area contributed by atoms with Crippen molar-refractivity contribution in [3.05, 3.63) is 77.7 Å². The average molecular weight is 510 g/mol. The number of carboxylic acids is 1. The summed E-state index contributed by atoms with van der Waals surface area (Å²) < 4.78 is 42.8. The van der Waals surface area contributed by atoms with E-state index in [1.54, 1.807) is 23.0 Å². The first-order valence-electron chi connectivity index (χ1n) is 12.2. The Hall–Kier alpha value is -3.88. The lowest BCUT2D eigenvalue weighted by Gasteiger charge is -2.26. The molecule has 0 aliphatic heterocycles. The first-order chi connectivity index (χ1) is 17.7. The molecule has 4 aromatic rings. The first-order valence-corrected chi connectivity index (χ1v) is 12.2. The summed E-state index contributed by atoms with van der Waals surface area (Å²) in [6.45, 7) is 0.574. The molecule has 6 nitrogen and oxygen atoms in total. The molecule has 1 aliphatic carbocycles. The number of hydrogen-bond donors (Lipinski definition) is 2. The summed E-state index contributed by atoms with van der Waals surface area (Å²) in [6.07, 6.45) is 1.14. The van der Waals surface area contributed by atoms with Gasteiger partial charge in [-0.1, -0.05) is 24.3 Å². The zero-order valence-electron chi connectivity index (χ0n) is 20.0. The van der Waals surface area contributed by atoms with Crippen molar-refractivity contribution >= 4 is 33.6 Å². The molecule has 1 fully saturated rings. The molecule has 9 heteroatoms. The lowest BCUT2D eigenvalue weighted by Crippen LogP contribution is -2.32. The van der Waals surface area contributed by atoms with Gasteiger partial charge in [0.2, 0.25) is 0 Å². The van der Waals surface area contributed by atoms with E-state index in [0.717, 1.165) is 28.6 Å². The van der Waals surface area contributed by atoms with E-state index in [0.29, 0.717) is 36.6 Å². The minimum Gasteiger partial charge on any atom is -0.481 e.